The zero-order valence-electron chi connectivity index (χ0n) is 13.2. The quantitative estimate of drug-likeness (QED) is 0.401. The lowest BCUT2D eigenvalue weighted by atomic mass is 10.1. The summed E-state index contributed by atoms with van der Waals surface area (Å²) in [6, 6.07) is 14.5. The van der Waals surface area contributed by atoms with Gasteiger partial charge in [-0.25, -0.2) is 15.0 Å². The normalized spacial score (nSPS) is 10.8. The third kappa shape index (κ3) is 4.20. The minimum Gasteiger partial charge on any atom is -0.369 e. The van der Waals surface area contributed by atoms with E-state index in [2.05, 4.69) is 50.6 Å². The second kappa shape index (κ2) is 7.92. The predicted octanol–water partition coefficient (Wildman–Crippen LogP) is 4.18. The van der Waals surface area contributed by atoms with E-state index in [1.807, 2.05) is 18.4 Å². The van der Waals surface area contributed by atoms with Crippen LogP contribution in [-0.2, 0) is 6.42 Å². The minimum absolute atomic E-state index is 0.749. The summed E-state index contributed by atoms with van der Waals surface area (Å²) in [4.78, 5) is 13.3. The summed E-state index contributed by atoms with van der Waals surface area (Å²) < 4.78 is 0. The molecule has 0 amide bonds. The smallest absolute Gasteiger partial charge is 0.191 e. The van der Waals surface area contributed by atoms with E-state index in [1.54, 1.807) is 6.20 Å². The highest BCUT2D eigenvalue weighted by Gasteiger charge is 2.07. The monoisotopic (exact) mass is 324 g/mol. The number of anilines is 1. The van der Waals surface area contributed by atoms with E-state index in [1.165, 1.54) is 17.3 Å². The molecule has 0 unspecified atom stereocenters. The Morgan fingerprint density at radius 1 is 1.00 bits per heavy atom. The lowest BCUT2D eigenvalue weighted by Crippen LogP contribution is -2.06. The zero-order valence-corrected chi connectivity index (χ0v) is 14.0. The molecule has 2 heterocycles. The Hall–Kier alpha value is -2.14. The number of nitrogens with zero attached hydrogens (tertiary/aromatic N) is 3. The molecule has 0 spiro atoms. The standard InChI is InChI=1S/C18H20N4S/c1-23-18-21-16(15-11-7-13-20-17(15)22-18)19-12-6-5-10-14-8-3-2-4-9-14/h2-4,7-9,11,13H,5-6,10,12H2,1H3,(H,19,20,21,22). The highest BCUT2D eigenvalue weighted by Crippen LogP contribution is 2.21. The molecule has 0 atom stereocenters. The van der Waals surface area contributed by atoms with Gasteiger partial charge in [-0.1, -0.05) is 42.1 Å². The van der Waals surface area contributed by atoms with Crippen LogP contribution in [0.2, 0.25) is 0 Å². The van der Waals surface area contributed by atoms with Gasteiger partial charge in [0.05, 0.1) is 5.39 Å². The fourth-order valence-electron chi connectivity index (χ4n) is 2.47. The second-order valence-electron chi connectivity index (χ2n) is 5.30. The number of aromatic nitrogens is 3. The Morgan fingerprint density at radius 3 is 2.70 bits per heavy atom. The molecule has 1 N–H and O–H groups in total. The number of rotatable bonds is 7. The van der Waals surface area contributed by atoms with Gasteiger partial charge in [0.1, 0.15) is 5.82 Å². The number of pyridine rings is 1. The van der Waals surface area contributed by atoms with Crippen molar-refractivity contribution >= 4 is 28.6 Å². The molecule has 23 heavy (non-hydrogen) atoms. The number of unbranched alkanes of at least 4 members (excludes halogenated alkanes) is 1. The molecule has 5 heteroatoms. The van der Waals surface area contributed by atoms with Gasteiger partial charge in [-0.3, -0.25) is 0 Å². The molecule has 3 rings (SSSR count). The van der Waals surface area contributed by atoms with Crippen molar-refractivity contribution in [2.45, 2.75) is 24.4 Å². The largest absolute Gasteiger partial charge is 0.369 e. The van der Waals surface area contributed by atoms with E-state index in [9.17, 15) is 0 Å². The van der Waals surface area contributed by atoms with E-state index in [4.69, 9.17) is 0 Å². The van der Waals surface area contributed by atoms with Crippen LogP contribution in [0.1, 0.15) is 18.4 Å². The highest BCUT2D eigenvalue weighted by molar-refractivity contribution is 7.98. The molecule has 4 nitrogen and oxygen atoms in total. The summed E-state index contributed by atoms with van der Waals surface area (Å²) in [7, 11) is 0. The summed E-state index contributed by atoms with van der Waals surface area (Å²) in [5.74, 6) is 0.882. The summed E-state index contributed by atoms with van der Waals surface area (Å²) in [6.45, 7) is 0.904. The van der Waals surface area contributed by atoms with Crippen LogP contribution in [0.3, 0.4) is 0 Å². The Kier molecular flexibility index (Phi) is 5.42. The molecule has 118 valence electrons. The Labute approximate surface area is 140 Å². The topological polar surface area (TPSA) is 50.7 Å². The summed E-state index contributed by atoms with van der Waals surface area (Å²) in [6.07, 6.45) is 7.13. The number of hydrogen-bond donors (Lipinski definition) is 1. The average Bonchev–Trinajstić information content (AvgIpc) is 2.62. The van der Waals surface area contributed by atoms with E-state index in [0.29, 0.717) is 0 Å². The van der Waals surface area contributed by atoms with Gasteiger partial charge in [-0.05, 0) is 43.2 Å². The summed E-state index contributed by atoms with van der Waals surface area (Å²) in [5.41, 5.74) is 2.15. The van der Waals surface area contributed by atoms with E-state index in [-0.39, 0.29) is 0 Å². The van der Waals surface area contributed by atoms with Gasteiger partial charge in [0.25, 0.3) is 0 Å². The molecule has 2 aromatic heterocycles. The maximum Gasteiger partial charge on any atom is 0.191 e. The Balaban J connectivity index is 1.58. The zero-order chi connectivity index (χ0) is 15.9. The molecule has 3 aromatic rings. The van der Waals surface area contributed by atoms with Crippen molar-refractivity contribution < 1.29 is 0 Å². The molecule has 0 aliphatic heterocycles. The summed E-state index contributed by atoms with van der Waals surface area (Å²) >= 11 is 1.54. The third-order valence-corrected chi connectivity index (χ3v) is 4.21. The van der Waals surface area contributed by atoms with Crippen LogP contribution < -0.4 is 5.32 Å². The molecular weight excluding hydrogens is 304 g/mol. The average molecular weight is 324 g/mol. The first-order valence-corrected chi connectivity index (χ1v) is 9.04. The van der Waals surface area contributed by atoms with E-state index >= 15 is 0 Å². The first-order chi connectivity index (χ1) is 11.4. The van der Waals surface area contributed by atoms with Crippen LogP contribution in [-0.4, -0.2) is 27.8 Å². The maximum atomic E-state index is 4.58. The van der Waals surface area contributed by atoms with Gasteiger partial charge < -0.3 is 5.32 Å². The molecule has 0 aliphatic rings. The van der Waals surface area contributed by atoms with Crippen LogP contribution in [0.25, 0.3) is 11.0 Å². The lowest BCUT2D eigenvalue weighted by molar-refractivity contribution is 0.760. The number of nitrogens with one attached hydrogen (secondary N) is 1. The van der Waals surface area contributed by atoms with Gasteiger partial charge in [-0.2, -0.15) is 0 Å². The predicted molar refractivity (Wildman–Crippen MR) is 97.0 cm³/mol. The molecule has 1 aromatic carbocycles. The van der Waals surface area contributed by atoms with E-state index in [0.717, 1.165) is 47.8 Å². The van der Waals surface area contributed by atoms with Crippen molar-refractivity contribution in [3.05, 3.63) is 54.2 Å². The first kappa shape index (κ1) is 15.7. The van der Waals surface area contributed by atoms with Crippen molar-refractivity contribution in [1.82, 2.24) is 15.0 Å². The summed E-state index contributed by atoms with van der Waals surface area (Å²) in [5, 5.41) is 5.18. The Bertz CT molecular complexity index is 761. The first-order valence-electron chi connectivity index (χ1n) is 7.81. The molecule has 0 bridgehead atoms. The molecular formula is C18H20N4S. The molecule has 0 aliphatic carbocycles. The van der Waals surface area contributed by atoms with Gasteiger partial charge >= 0.3 is 0 Å². The van der Waals surface area contributed by atoms with Crippen molar-refractivity contribution in [2.75, 3.05) is 18.1 Å². The SMILES string of the molecule is CSc1nc(NCCCCc2ccccc2)c2cccnc2n1. The van der Waals surface area contributed by atoms with Gasteiger partial charge in [0.2, 0.25) is 0 Å². The van der Waals surface area contributed by atoms with Crippen LogP contribution in [0.4, 0.5) is 5.82 Å². The number of thioether (sulfide) groups is 1. The number of hydrogen-bond acceptors (Lipinski definition) is 5. The number of benzene rings is 1. The van der Waals surface area contributed by atoms with Crippen molar-refractivity contribution in [2.24, 2.45) is 0 Å². The van der Waals surface area contributed by atoms with Crippen molar-refractivity contribution in [1.29, 1.82) is 0 Å². The molecule has 0 saturated carbocycles. The lowest BCUT2D eigenvalue weighted by Gasteiger charge is -2.09. The Morgan fingerprint density at radius 2 is 1.87 bits per heavy atom. The second-order valence-corrected chi connectivity index (χ2v) is 6.08. The van der Waals surface area contributed by atoms with Crippen LogP contribution >= 0.6 is 11.8 Å². The third-order valence-electron chi connectivity index (χ3n) is 3.66. The fraction of sp³-hybridized carbons (Fsp3) is 0.278. The van der Waals surface area contributed by atoms with Gasteiger partial charge in [0.15, 0.2) is 10.8 Å². The highest BCUT2D eigenvalue weighted by atomic mass is 32.2. The fourth-order valence-corrected chi connectivity index (χ4v) is 2.83. The molecule has 0 radical (unpaired) electrons. The van der Waals surface area contributed by atoms with Gasteiger partial charge in [0, 0.05) is 12.7 Å². The molecule has 0 fully saturated rings. The van der Waals surface area contributed by atoms with Crippen molar-refractivity contribution in [3.8, 4) is 0 Å². The minimum atomic E-state index is 0.749. The maximum absolute atomic E-state index is 4.58. The van der Waals surface area contributed by atoms with Crippen LogP contribution in [0.15, 0.2) is 53.8 Å². The van der Waals surface area contributed by atoms with Crippen LogP contribution in [0, 0.1) is 0 Å². The van der Waals surface area contributed by atoms with Gasteiger partial charge in [-0.15, -0.1) is 0 Å². The van der Waals surface area contributed by atoms with Crippen LogP contribution in [0.5, 0.6) is 0 Å². The number of aryl methyl sites for hydroxylation is 1. The van der Waals surface area contributed by atoms with E-state index < -0.39 is 0 Å². The number of fused-ring (bicyclic) bond motifs is 1. The van der Waals surface area contributed by atoms with Crippen molar-refractivity contribution in [3.63, 3.8) is 0 Å². The molecule has 0 saturated heterocycles.